The van der Waals surface area contributed by atoms with Crippen LogP contribution in [0.15, 0.2) is 66.7 Å². The summed E-state index contributed by atoms with van der Waals surface area (Å²) in [6.45, 7) is 0. The normalized spacial score (nSPS) is 11.7. The van der Waals surface area contributed by atoms with E-state index >= 15 is 0 Å². The molecule has 0 amide bonds. The van der Waals surface area contributed by atoms with Crippen LogP contribution in [0.5, 0.6) is 0 Å². The highest BCUT2D eigenvalue weighted by atomic mass is 35.5. The zero-order valence-electron chi connectivity index (χ0n) is 14.9. The molecule has 0 saturated carbocycles. The highest BCUT2D eigenvalue weighted by Crippen LogP contribution is 2.31. The van der Waals surface area contributed by atoms with Gasteiger partial charge in [-0.2, -0.15) is 0 Å². The molecule has 8 heteroatoms. The lowest BCUT2D eigenvalue weighted by Gasteiger charge is -2.20. The number of nitrogens with zero attached hydrogens (tertiary/aromatic N) is 1. The Morgan fingerprint density at radius 3 is 2.41 bits per heavy atom. The van der Waals surface area contributed by atoms with E-state index in [2.05, 4.69) is 5.32 Å². The van der Waals surface area contributed by atoms with Crippen molar-refractivity contribution in [1.29, 1.82) is 0 Å². The van der Waals surface area contributed by atoms with E-state index < -0.39 is 16.8 Å². The average Bonchev–Trinajstić information content (AvgIpc) is 2.70. The zero-order valence-corrected chi connectivity index (χ0v) is 16.5. The summed E-state index contributed by atoms with van der Waals surface area (Å²) in [5, 5.41) is 14.9. The molecular formula is C21H15Cl2FN2O3. The molecule has 3 aromatic rings. The van der Waals surface area contributed by atoms with Crippen LogP contribution in [0.1, 0.15) is 28.4 Å². The molecule has 0 saturated heterocycles. The molecule has 0 aliphatic heterocycles. The van der Waals surface area contributed by atoms with Crippen LogP contribution in [0.4, 0.5) is 15.8 Å². The first kappa shape index (κ1) is 20.8. The van der Waals surface area contributed by atoms with Crippen LogP contribution in [0.3, 0.4) is 0 Å². The molecular weight excluding hydrogens is 418 g/mol. The monoisotopic (exact) mass is 432 g/mol. The average molecular weight is 433 g/mol. The molecule has 0 aliphatic carbocycles. The summed E-state index contributed by atoms with van der Waals surface area (Å²) in [5.41, 5.74) is 1.44. The molecule has 3 aromatic carbocycles. The fourth-order valence-corrected chi connectivity index (χ4v) is 3.14. The third-order valence-corrected chi connectivity index (χ3v) is 5.04. The Hall–Kier alpha value is -2.96. The molecule has 1 atom stereocenters. The maximum Gasteiger partial charge on any atom is 0.271 e. The molecule has 0 heterocycles. The minimum atomic E-state index is -0.538. The Morgan fingerprint density at radius 1 is 1.03 bits per heavy atom. The number of hydrogen-bond donors (Lipinski definition) is 1. The lowest BCUT2D eigenvalue weighted by molar-refractivity contribution is -0.384. The summed E-state index contributed by atoms with van der Waals surface area (Å²) in [6.07, 6.45) is 0.0201. The summed E-state index contributed by atoms with van der Waals surface area (Å²) < 4.78 is 13.1. The van der Waals surface area contributed by atoms with Crippen LogP contribution in [0.25, 0.3) is 0 Å². The van der Waals surface area contributed by atoms with Crippen molar-refractivity contribution >= 4 is 40.4 Å². The maximum atomic E-state index is 13.1. The smallest absolute Gasteiger partial charge is 0.271 e. The molecule has 3 rings (SSSR count). The number of ketones is 1. The second-order valence-corrected chi connectivity index (χ2v) is 7.13. The van der Waals surface area contributed by atoms with E-state index in [0.717, 1.165) is 0 Å². The van der Waals surface area contributed by atoms with E-state index in [1.54, 1.807) is 30.3 Å². The fraction of sp³-hybridized carbons (Fsp3) is 0.0952. The third kappa shape index (κ3) is 5.31. The Balaban J connectivity index is 1.91. The van der Waals surface area contributed by atoms with Gasteiger partial charge < -0.3 is 5.32 Å². The summed E-state index contributed by atoms with van der Waals surface area (Å²) >= 11 is 12.1. The third-order valence-electron chi connectivity index (χ3n) is 4.30. The topological polar surface area (TPSA) is 72.2 Å². The number of benzene rings is 3. The summed E-state index contributed by atoms with van der Waals surface area (Å²) in [5.74, 6) is -0.656. The quantitative estimate of drug-likeness (QED) is 0.263. The maximum absolute atomic E-state index is 13.1. The van der Waals surface area contributed by atoms with Crippen molar-refractivity contribution in [3.8, 4) is 0 Å². The lowest BCUT2D eigenvalue weighted by Crippen LogP contribution is -2.16. The predicted molar refractivity (Wildman–Crippen MR) is 111 cm³/mol. The Morgan fingerprint density at radius 2 is 1.76 bits per heavy atom. The number of anilines is 1. The largest absolute Gasteiger partial charge is 0.378 e. The molecule has 0 fully saturated rings. The number of Topliss-reactive ketones (excluding diaryl/α,β-unsaturated/α-hetero) is 1. The van der Waals surface area contributed by atoms with Gasteiger partial charge in [-0.3, -0.25) is 14.9 Å². The standard InChI is InChI=1S/C21H15Cl2FN2O3/c22-18-9-6-14(10-19(18)23)20(12-21(27)13-4-7-15(24)8-5-13)25-16-2-1-3-17(11-16)26(28)29/h1-11,20,25H,12H2. The van der Waals surface area contributed by atoms with Crippen molar-refractivity contribution in [2.24, 2.45) is 0 Å². The number of hydrogen-bond acceptors (Lipinski definition) is 4. The van der Waals surface area contributed by atoms with Gasteiger partial charge in [-0.15, -0.1) is 0 Å². The number of carbonyl (C=O) groups excluding carboxylic acids is 1. The zero-order chi connectivity index (χ0) is 21.0. The minimum Gasteiger partial charge on any atom is -0.378 e. The van der Waals surface area contributed by atoms with Gasteiger partial charge in [0.05, 0.1) is 21.0 Å². The van der Waals surface area contributed by atoms with Gasteiger partial charge >= 0.3 is 0 Å². The van der Waals surface area contributed by atoms with Gasteiger partial charge in [0, 0.05) is 29.8 Å². The second kappa shape index (κ2) is 9.03. The van der Waals surface area contributed by atoms with Gasteiger partial charge in [-0.05, 0) is 48.0 Å². The number of carbonyl (C=O) groups is 1. The molecule has 0 aliphatic rings. The Kier molecular flexibility index (Phi) is 6.46. The van der Waals surface area contributed by atoms with E-state index in [-0.39, 0.29) is 17.9 Å². The molecule has 0 bridgehead atoms. The number of rotatable bonds is 7. The van der Waals surface area contributed by atoms with Gasteiger partial charge in [0.25, 0.3) is 5.69 Å². The van der Waals surface area contributed by atoms with Crippen molar-refractivity contribution in [3.05, 3.63) is 104 Å². The molecule has 1 N–H and O–H groups in total. The van der Waals surface area contributed by atoms with Gasteiger partial charge in [-0.25, -0.2) is 4.39 Å². The van der Waals surface area contributed by atoms with E-state index in [4.69, 9.17) is 23.2 Å². The van der Waals surface area contributed by atoms with E-state index in [1.807, 2.05) is 0 Å². The molecule has 5 nitrogen and oxygen atoms in total. The van der Waals surface area contributed by atoms with Crippen molar-refractivity contribution in [3.63, 3.8) is 0 Å². The van der Waals surface area contributed by atoms with Crippen LogP contribution in [0.2, 0.25) is 10.0 Å². The van der Waals surface area contributed by atoms with Crippen molar-refractivity contribution in [1.82, 2.24) is 0 Å². The van der Waals surface area contributed by atoms with Crippen molar-refractivity contribution in [2.45, 2.75) is 12.5 Å². The second-order valence-electron chi connectivity index (χ2n) is 6.31. The molecule has 0 spiro atoms. The van der Waals surface area contributed by atoms with Crippen LogP contribution < -0.4 is 5.32 Å². The van der Waals surface area contributed by atoms with Gasteiger partial charge in [0.2, 0.25) is 0 Å². The Bertz CT molecular complexity index is 1060. The number of halogens is 3. The van der Waals surface area contributed by atoms with Gasteiger partial charge in [0.15, 0.2) is 5.78 Å². The summed E-state index contributed by atoms with van der Waals surface area (Å²) in [7, 11) is 0. The molecule has 148 valence electrons. The molecule has 1 unspecified atom stereocenters. The van der Waals surface area contributed by atoms with Crippen LogP contribution in [-0.2, 0) is 0 Å². The fourth-order valence-electron chi connectivity index (χ4n) is 2.83. The van der Waals surface area contributed by atoms with Gasteiger partial charge in [-0.1, -0.05) is 35.3 Å². The Labute approximate surface area is 176 Å². The van der Waals surface area contributed by atoms with E-state index in [0.29, 0.717) is 26.9 Å². The number of non-ortho nitro benzene ring substituents is 1. The van der Waals surface area contributed by atoms with Gasteiger partial charge in [0.1, 0.15) is 5.82 Å². The number of nitrogens with one attached hydrogen (secondary N) is 1. The summed E-state index contributed by atoms with van der Waals surface area (Å²) in [6, 6.07) is 15.7. The first-order chi connectivity index (χ1) is 13.8. The number of nitro groups is 1. The molecule has 29 heavy (non-hydrogen) atoms. The van der Waals surface area contributed by atoms with E-state index in [1.165, 1.54) is 36.4 Å². The van der Waals surface area contributed by atoms with Crippen LogP contribution >= 0.6 is 23.2 Å². The van der Waals surface area contributed by atoms with Crippen LogP contribution in [0, 0.1) is 15.9 Å². The van der Waals surface area contributed by atoms with E-state index in [9.17, 15) is 19.3 Å². The first-order valence-corrected chi connectivity index (χ1v) is 9.34. The first-order valence-electron chi connectivity index (χ1n) is 8.58. The minimum absolute atomic E-state index is 0.0201. The van der Waals surface area contributed by atoms with Crippen LogP contribution in [-0.4, -0.2) is 10.7 Å². The summed E-state index contributed by atoms with van der Waals surface area (Å²) in [4.78, 5) is 23.3. The highest BCUT2D eigenvalue weighted by Gasteiger charge is 2.19. The predicted octanol–water partition coefficient (Wildman–Crippen LogP) is 6.47. The SMILES string of the molecule is O=C(CC(Nc1cccc([N+](=O)[O-])c1)c1ccc(Cl)c(Cl)c1)c1ccc(F)cc1. The highest BCUT2D eigenvalue weighted by molar-refractivity contribution is 6.42. The van der Waals surface area contributed by atoms with Crippen molar-refractivity contribution < 1.29 is 14.1 Å². The molecule has 0 aromatic heterocycles. The lowest BCUT2D eigenvalue weighted by atomic mass is 9.97. The van der Waals surface area contributed by atoms with Crippen molar-refractivity contribution in [2.75, 3.05) is 5.32 Å². The molecule has 0 radical (unpaired) electrons. The number of nitro benzene ring substituents is 1.